The Balaban J connectivity index is 0.000000729. The van der Waals surface area contributed by atoms with Crippen molar-refractivity contribution in [3.63, 3.8) is 0 Å². The molecule has 11 nitrogen and oxygen atoms in total. The Bertz CT molecular complexity index is 1450. The third kappa shape index (κ3) is 8.13. The predicted octanol–water partition coefficient (Wildman–Crippen LogP) is 3.86. The van der Waals surface area contributed by atoms with Crippen molar-refractivity contribution in [2.75, 3.05) is 19.6 Å². The summed E-state index contributed by atoms with van der Waals surface area (Å²) in [6.45, 7) is 4.35. The summed E-state index contributed by atoms with van der Waals surface area (Å²) in [5.74, 6) is -6.38. The van der Waals surface area contributed by atoms with Gasteiger partial charge < -0.3 is 16.0 Å². The zero-order chi connectivity index (χ0) is 32.2. The van der Waals surface area contributed by atoms with Crippen LogP contribution in [0.5, 0.6) is 0 Å². The smallest absolute Gasteiger partial charge is 0.355 e. The van der Waals surface area contributed by atoms with E-state index in [0.717, 1.165) is 0 Å². The number of rotatable bonds is 7. The number of carbonyl (C=O) groups excluding carboxylic acids is 2. The zero-order valence-corrected chi connectivity index (χ0v) is 25.0. The van der Waals surface area contributed by atoms with Gasteiger partial charge in [0.05, 0.1) is 35.7 Å². The van der Waals surface area contributed by atoms with Crippen molar-refractivity contribution in [3.8, 4) is 0 Å². The first-order valence-corrected chi connectivity index (χ1v) is 15.4. The SMILES string of the molecule is C1CCNC1.CCn1nccc1C(=O)NC(c1cn2nc(CC3CC(C(F)(F)F)CNC3=O)cnc2n1)C1CCC(F)(F)CC1. The molecule has 3 atom stereocenters. The lowest BCUT2D eigenvalue weighted by Gasteiger charge is -2.33. The molecule has 3 aromatic rings. The van der Waals surface area contributed by atoms with Gasteiger partial charge in [-0.05, 0) is 64.1 Å². The highest BCUT2D eigenvalue weighted by atomic mass is 19.4. The number of hydrogen-bond donors (Lipinski definition) is 3. The number of imidazole rings is 1. The number of piperidine rings is 1. The highest BCUT2D eigenvalue weighted by molar-refractivity contribution is 5.92. The van der Waals surface area contributed by atoms with Gasteiger partial charge in [0, 0.05) is 44.5 Å². The Labute approximate surface area is 256 Å². The van der Waals surface area contributed by atoms with Crippen molar-refractivity contribution >= 4 is 17.6 Å². The molecule has 2 saturated heterocycles. The van der Waals surface area contributed by atoms with Crippen LogP contribution in [0.1, 0.15) is 79.8 Å². The maximum atomic E-state index is 13.9. The molecule has 0 radical (unpaired) electrons. The van der Waals surface area contributed by atoms with E-state index in [2.05, 4.69) is 36.1 Å². The first-order chi connectivity index (χ1) is 21.4. The highest BCUT2D eigenvalue weighted by Crippen LogP contribution is 2.41. The lowest BCUT2D eigenvalue weighted by Crippen LogP contribution is -2.47. The van der Waals surface area contributed by atoms with E-state index in [0.29, 0.717) is 23.6 Å². The summed E-state index contributed by atoms with van der Waals surface area (Å²) in [7, 11) is 0. The van der Waals surface area contributed by atoms with Gasteiger partial charge in [-0.2, -0.15) is 23.4 Å². The van der Waals surface area contributed by atoms with Gasteiger partial charge in [-0.25, -0.2) is 23.3 Å². The number of fused-ring (bicyclic) bond motifs is 1. The monoisotopic (exact) mass is 639 g/mol. The Hall–Kier alpha value is -3.69. The van der Waals surface area contributed by atoms with Crippen molar-refractivity contribution in [3.05, 3.63) is 41.7 Å². The summed E-state index contributed by atoms with van der Waals surface area (Å²) in [5.41, 5.74) is 0.985. The normalized spacial score (nSPS) is 22.8. The predicted molar refractivity (Wildman–Crippen MR) is 152 cm³/mol. The fraction of sp³-hybridized carbons (Fsp3) is 0.655. The van der Waals surface area contributed by atoms with Crippen molar-refractivity contribution in [1.82, 2.24) is 45.3 Å². The van der Waals surface area contributed by atoms with E-state index < -0.39 is 48.3 Å². The standard InChI is InChI=1S/C25H29F5N8O2.C4H9N/c1-2-37-19(5-8-33-37)22(40)35-20(14-3-6-24(26,27)7-4-14)18-13-38-23(34-18)32-12-17(36-38)10-15-9-16(25(28,29)30)11-31-21(15)39;1-2-4-5-3-1/h5,8,12-16,20H,2-4,6-7,9-11H2,1H3,(H,31,39)(H,35,40);5H,1-4H2. The third-order valence-electron chi connectivity index (χ3n) is 8.68. The molecule has 2 amide bonds. The summed E-state index contributed by atoms with van der Waals surface area (Å²) in [4.78, 5) is 34.1. The van der Waals surface area contributed by atoms with Crippen LogP contribution in [0.15, 0.2) is 24.7 Å². The first-order valence-electron chi connectivity index (χ1n) is 15.4. The summed E-state index contributed by atoms with van der Waals surface area (Å²) < 4.78 is 70.3. The van der Waals surface area contributed by atoms with E-state index in [4.69, 9.17) is 0 Å². The molecule has 0 spiro atoms. The van der Waals surface area contributed by atoms with Gasteiger partial charge in [0.1, 0.15) is 5.69 Å². The number of nitrogens with one attached hydrogen (secondary N) is 3. The topological polar surface area (TPSA) is 131 Å². The second-order valence-electron chi connectivity index (χ2n) is 11.9. The van der Waals surface area contributed by atoms with Crippen LogP contribution in [0.2, 0.25) is 0 Å². The minimum atomic E-state index is -4.42. The molecule has 16 heteroatoms. The van der Waals surface area contributed by atoms with Crippen LogP contribution in [0.3, 0.4) is 0 Å². The molecule has 0 bridgehead atoms. The number of amides is 2. The van der Waals surface area contributed by atoms with E-state index in [1.807, 2.05) is 6.92 Å². The molecule has 246 valence electrons. The average molecular weight is 640 g/mol. The second kappa shape index (κ2) is 13.7. The molecule has 3 fully saturated rings. The van der Waals surface area contributed by atoms with Gasteiger partial charge >= 0.3 is 6.18 Å². The van der Waals surface area contributed by atoms with Gasteiger partial charge in [0.2, 0.25) is 11.8 Å². The average Bonchev–Trinajstić information content (AvgIpc) is 3.79. The van der Waals surface area contributed by atoms with E-state index >= 15 is 0 Å². The van der Waals surface area contributed by atoms with Crippen LogP contribution < -0.4 is 16.0 Å². The Kier molecular flexibility index (Phi) is 9.99. The van der Waals surface area contributed by atoms with Gasteiger partial charge in [-0.1, -0.05) is 0 Å². The molecule has 3 N–H and O–H groups in total. The van der Waals surface area contributed by atoms with Gasteiger partial charge in [0.15, 0.2) is 0 Å². The Morgan fingerprint density at radius 1 is 1.20 bits per heavy atom. The van der Waals surface area contributed by atoms with Crippen LogP contribution in [0.25, 0.3) is 5.78 Å². The van der Waals surface area contributed by atoms with Gasteiger partial charge in [-0.15, -0.1) is 0 Å². The van der Waals surface area contributed by atoms with E-state index in [9.17, 15) is 31.5 Å². The number of carbonyl (C=O) groups is 2. The highest BCUT2D eigenvalue weighted by Gasteiger charge is 2.45. The summed E-state index contributed by atoms with van der Waals surface area (Å²) in [6, 6.07) is 0.849. The molecule has 6 rings (SSSR count). The van der Waals surface area contributed by atoms with Crippen molar-refractivity contribution in [2.45, 2.75) is 83.0 Å². The van der Waals surface area contributed by atoms with Crippen LogP contribution in [0.4, 0.5) is 22.0 Å². The molecular weight excluding hydrogens is 601 g/mol. The van der Waals surface area contributed by atoms with Crippen molar-refractivity contribution in [1.29, 1.82) is 0 Å². The lowest BCUT2D eigenvalue weighted by atomic mass is 9.81. The third-order valence-corrected chi connectivity index (χ3v) is 8.68. The Morgan fingerprint density at radius 2 is 1.93 bits per heavy atom. The minimum Gasteiger partial charge on any atom is -0.355 e. The lowest BCUT2D eigenvalue weighted by molar-refractivity contribution is -0.183. The van der Waals surface area contributed by atoms with Crippen molar-refractivity contribution < 1.29 is 31.5 Å². The van der Waals surface area contributed by atoms with Gasteiger partial charge in [0.25, 0.3) is 11.7 Å². The number of nitrogens with zero attached hydrogens (tertiary/aromatic N) is 6. The van der Waals surface area contributed by atoms with E-state index in [1.54, 1.807) is 6.07 Å². The molecule has 2 aliphatic heterocycles. The number of hydrogen-bond acceptors (Lipinski definition) is 7. The second-order valence-corrected chi connectivity index (χ2v) is 11.9. The molecule has 5 heterocycles. The first kappa shape index (κ1) is 32.7. The fourth-order valence-corrected chi connectivity index (χ4v) is 6.11. The number of aryl methyl sites for hydroxylation is 1. The molecule has 0 aromatic carbocycles. The molecule has 1 saturated carbocycles. The molecule has 1 aliphatic carbocycles. The van der Waals surface area contributed by atoms with E-state index in [-0.39, 0.29) is 50.2 Å². The van der Waals surface area contributed by atoms with Crippen LogP contribution in [0, 0.1) is 17.8 Å². The van der Waals surface area contributed by atoms with Crippen LogP contribution in [-0.4, -0.2) is 72.9 Å². The minimum absolute atomic E-state index is 0.0479. The quantitative estimate of drug-likeness (QED) is 0.335. The summed E-state index contributed by atoms with van der Waals surface area (Å²) in [6.07, 6.45) is 2.06. The number of alkyl halides is 5. The molecule has 45 heavy (non-hydrogen) atoms. The maximum absolute atomic E-state index is 13.9. The maximum Gasteiger partial charge on any atom is 0.393 e. The van der Waals surface area contributed by atoms with Crippen LogP contribution in [-0.2, 0) is 17.8 Å². The van der Waals surface area contributed by atoms with E-state index in [1.165, 1.54) is 53.7 Å². The Morgan fingerprint density at radius 3 is 2.58 bits per heavy atom. The zero-order valence-electron chi connectivity index (χ0n) is 25.0. The molecule has 3 aliphatic rings. The number of halogens is 5. The largest absolute Gasteiger partial charge is 0.393 e. The summed E-state index contributed by atoms with van der Waals surface area (Å²) >= 11 is 0. The summed E-state index contributed by atoms with van der Waals surface area (Å²) in [5, 5.41) is 17.0. The molecule has 3 unspecified atom stereocenters. The van der Waals surface area contributed by atoms with Gasteiger partial charge in [-0.3, -0.25) is 14.3 Å². The molecular formula is C29H38F5N9O2. The number of aromatic nitrogens is 6. The van der Waals surface area contributed by atoms with Crippen LogP contribution >= 0.6 is 0 Å². The fourth-order valence-electron chi connectivity index (χ4n) is 6.11. The van der Waals surface area contributed by atoms with Crippen molar-refractivity contribution in [2.24, 2.45) is 17.8 Å². The molecule has 3 aromatic heterocycles.